The Hall–Kier alpha value is -0.260. The van der Waals surface area contributed by atoms with Gasteiger partial charge in [0.2, 0.25) is 5.91 Å². The minimum atomic E-state index is -4.24. The molecule has 3 atom stereocenters. The minimum absolute atomic E-state index is 0.103. The average molecular weight is 328 g/mol. The van der Waals surface area contributed by atoms with Gasteiger partial charge in [-0.1, -0.05) is 28.8 Å². The predicted octanol–water partition coefficient (Wildman–Crippen LogP) is 3.35. The standard InChI is InChI=1S/C12H17BrF3NO/c13-8-5-6-17(7-8)11(18)9-3-1-2-4-10(9)12(14,15)16/h8-10H,1-7H2. The van der Waals surface area contributed by atoms with Crippen molar-refractivity contribution in [2.75, 3.05) is 13.1 Å². The highest BCUT2D eigenvalue weighted by atomic mass is 79.9. The van der Waals surface area contributed by atoms with Crippen molar-refractivity contribution in [2.45, 2.75) is 43.1 Å². The molecule has 2 fully saturated rings. The van der Waals surface area contributed by atoms with Crippen molar-refractivity contribution in [3.63, 3.8) is 0 Å². The number of alkyl halides is 4. The fourth-order valence-corrected chi connectivity index (χ4v) is 3.52. The van der Waals surface area contributed by atoms with Crippen molar-refractivity contribution >= 4 is 21.8 Å². The summed E-state index contributed by atoms with van der Waals surface area (Å²) in [5.41, 5.74) is 0. The monoisotopic (exact) mass is 327 g/mol. The van der Waals surface area contributed by atoms with Gasteiger partial charge in [0.1, 0.15) is 0 Å². The highest BCUT2D eigenvalue weighted by Gasteiger charge is 2.49. The van der Waals surface area contributed by atoms with Gasteiger partial charge in [-0.15, -0.1) is 0 Å². The number of rotatable bonds is 1. The van der Waals surface area contributed by atoms with Crippen LogP contribution in [0.4, 0.5) is 13.2 Å². The average Bonchev–Trinajstić information content (AvgIpc) is 2.74. The number of carbonyl (C=O) groups is 1. The fraction of sp³-hybridized carbons (Fsp3) is 0.917. The maximum atomic E-state index is 12.9. The van der Waals surface area contributed by atoms with E-state index in [0.29, 0.717) is 25.9 Å². The molecule has 0 radical (unpaired) electrons. The Morgan fingerprint density at radius 2 is 1.83 bits per heavy atom. The van der Waals surface area contributed by atoms with Gasteiger partial charge in [-0.05, 0) is 19.3 Å². The first kappa shape index (κ1) is 14.2. The van der Waals surface area contributed by atoms with E-state index in [1.165, 1.54) is 0 Å². The summed E-state index contributed by atoms with van der Waals surface area (Å²) in [6.45, 7) is 1.12. The summed E-state index contributed by atoms with van der Waals surface area (Å²) < 4.78 is 38.8. The van der Waals surface area contributed by atoms with Crippen LogP contribution in [0, 0.1) is 11.8 Å². The molecule has 1 heterocycles. The quantitative estimate of drug-likeness (QED) is 0.676. The van der Waals surface area contributed by atoms with Gasteiger partial charge in [0.25, 0.3) is 0 Å². The number of nitrogens with zero attached hydrogens (tertiary/aromatic N) is 1. The van der Waals surface area contributed by atoms with Gasteiger partial charge < -0.3 is 4.90 Å². The van der Waals surface area contributed by atoms with Gasteiger partial charge >= 0.3 is 6.18 Å². The van der Waals surface area contributed by atoms with Gasteiger partial charge in [0.15, 0.2) is 0 Å². The van der Waals surface area contributed by atoms with E-state index in [1.807, 2.05) is 0 Å². The van der Waals surface area contributed by atoms with Crippen molar-refractivity contribution in [2.24, 2.45) is 11.8 Å². The molecule has 2 aliphatic rings. The van der Waals surface area contributed by atoms with Crippen LogP contribution in [0.5, 0.6) is 0 Å². The van der Waals surface area contributed by atoms with Crippen molar-refractivity contribution in [3.05, 3.63) is 0 Å². The van der Waals surface area contributed by atoms with Crippen LogP contribution in [0.2, 0.25) is 0 Å². The van der Waals surface area contributed by atoms with E-state index in [4.69, 9.17) is 0 Å². The van der Waals surface area contributed by atoms with Crippen LogP contribution in [-0.2, 0) is 4.79 Å². The predicted molar refractivity (Wildman–Crippen MR) is 65.4 cm³/mol. The van der Waals surface area contributed by atoms with Crippen molar-refractivity contribution in [3.8, 4) is 0 Å². The molecule has 1 saturated carbocycles. The minimum Gasteiger partial charge on any atom is -0.341 e. The Balaban J connectivity index is 2.07. The lowest BCUT2D eigenvalue weighted by molar-refractivity contribution is -0.200. The molecule has 1 amide bonds. The second kappa shape index (κ2) is 5.39. The van der Waals surface area contributed by atoms with Gasteiger partial charge in [0, 0.05) is 23.8 Å². The zero-order chi connectivity index (χ0) is 13.3. The summed E-state index contributed by atoms with van der Waals surface area (Å²) in [6.07, 6.45) is -1.62. The molecule has 0 aromatic rings. The van der Waals surface area contributed by atoms with Crippen LogP contribution in [0.25, 0.3) is 0 Å². The zero-order valence-electron chi connectivity index (χ0n) is 10.0. The van der Waals surface area contributed by atoms with Gasteiger partial charge in [-0.25, -0.2) is 0 Å². The number of hydrogen-bond acceptors (Lipinski definition) is 1. The first-order valence-electron chi connectivity index (χ1n) is 6.39. The molecule has 0 aromatic heterocycles. The molecule has 18 heavy (non-hydrogen) atoms. The summed E-state index contributed by atoms with van der Waals surface area (Å²) in [6, 6.07) is 0. The fourth-order valence-electron chi connectivity index (χ4n) is 2.97. The van der Waals surface area contributed by atoms with Crippen molar-refractivity contribution in [1.82, 2.24) is 4.90 Å². The molecular weight excluding hydrogens is 311 g/mol. The zero-order valence-corrected chi connectivity index (χ0v) is 11.6. The van der Waals surface area contributed by atoms with E-state index in [9.17, 15) is 18.0 Å². The second-order valence-electron chi connectivity index (χ2n) is 5.21. The highest BCUT2D eigenvalue weighted by Crippen LogP contribution is 2.42. The van der Waals surface area contributed by atoms with E-state index in [1.54, 1.807) is 4.90 Å². The molecule has 0 N–H and O–H groups in total. The molecule has 1 aliphatic carbocycles. The third-order valence-corrected chi connectivity index (χ3v) is 4.69. The molecule has 0 bridgehead atoms. The lowest BCUT2D eigenvalue weighted by atomic mass is 9.78. The van der Waals surface area contributed by atoms with E-state index < -0.39 is 18.0 Å². The summed E-state index contributed by atoms with van der Waals surface area (Å²) in [4.78, 5) is 14.0. The van der Waals surface area contributed by atoms with E-state index in [0.717, 1.165) is 12.8 Å². The molecule has 2 rings (SSSR count). The number of likely N-dealkylation sites (tertiary alicyclic amines) is 1. The summed E-state index contributed by atoms with van der Waals surface area (Å²) in [5.74, 6) is -2.58. The maximum Gasteiger partial charge on any atom is 0.392 e. The van der Waals surface area contributed by atoms with Crippen LogP contribution in [0.1, 0.15) is 32.1 Å². The van der Waals surface area contributed by atoms with Gasteiger partial charge in [0.05, 0.1) is 5.92 Å². The SMILES string of the molecule is O=C(C1CCCCC1C(F)(F)F)N1CCC(Br)C1. The second-order valence-corrected chi connectivity index (χ2v) is 6.50. The molecule has 1 aliphatic heterocycles. The van der Waals surface area contributed by atoms with Gasteiger partial charge in [-0.3, -0.25) is 4.79 Å². The van der Waals surface area contributed by atoms with Crippen LogP contribution in [-0.4, -0.2) is 34.9 Å². The summed E-state index contributed by atoms with van der Waals surface area (Å²) in [5, 5.41) is 0. The van der Waals surface area contributed by atoms with Crippen LogP contribution in [0.3, 0.4) is 0 Å². The van der Waals surface area contributed by atoms with Crippen molar-refractivity contribution < 1.29 is 18.0 Å². The number of carbonyl (C=O) groups excluding carboxylic acids is 1. The third kappa shape index (κ3) is 3.00. The first-order valence-corrected chi connectivity index (χ1v) is 7.30. The largest absolute Gasteiger partial charge is 0.392 e. The van der Waals surface area contributed by atoms with Crippen LogP contribution >= 0.6 is 15.9 Å². The number of halogens is 4. The Labute approximate surface area is 113 Å². The van der Waals surface area contributed by atoms with Gasteiger partial charge in [-0.2, -0.15) is 13.2 Å². The smallest absolute Gasteiger partial charge is 0.341 e. The summed E-state index contributed by atoms with van der Waals surface area (Å²) >= 11 is 3.41. The molecule has 3 unspecified atom stereocenters. The molecule has 1 saturated heterocycles. The lowest BCUT2D eigenvalue weighted by Gasteiger charge is -2.34. The first-order chi connectivity index (χ1) is 8.39. The highest BCUT2D eigenvalue weighted by molar-refractivity contribution is 9.09. The third-order valence-electron chi connectivity index (χ3n) is 3.95. The van der Waals surface area contributed by atoms with E-state index >= 15 is 0 Å². The molecule has 6 heteroatoms. The topological polar surface area (TPSA) is 20.3 Å². The molecule has 0 spiro atoms. The lowest BCUT2D eigenvalue weighted by Crippen LogP contribution is -2.43. The van der Waals surface area contributed by atoms with Crippen LogP contribution < -0.4 is 0 Å². The maximum absolute atomic E-state index is 12.9. The Morgan fingerprint density at radius 1 is 1.17 bits per heavy atom. The molecule has 2 nitrogen and oxygen atoms in total. The Bertz CT molecular complexity index is 321. The number of hydrogen-bond donors (Lipinski definition) is 0. The Morgan fingerprint density at radius 3 is 2.39 bits per heavy atom. The Kier molecular flexibility index (Phi) is 4.24. The van der Waals surface area contributed by atoms with Crippen molar-refractivity contribution in [1.29, 1.82) is 0 Å². The van der Waals surface area contributed by atoms with E-state index in [2.05, 4.69) is 15.9 Å². The summed E-state index contributed by atoms with van der Waals surface area (Å²) in [7, 11) is 0. The van der Waals surface area contributed by atoms with Crippen LogP contribution in [0.15, 0.2) is 0 Å². The van der Waals surface area contributed by atoms with E-state index in [-0.39, 0.29) is 17.2 Å². The molecule has 0 aromatic carbocycles. The normalized spacial score (nSPS) is 33.8. The number of amides is 1. The molecular formula is C12H17BrF3NO. The molecule has 104 valence electrons.